The topological polar surface area (TPSA) is 191 Å². The van der Waals surface area contributed by atoms with Gasteiger partial charge in [0.05, 0.1) is 5.56 Å². The molecule has 2 heterocycles. The average molecular weight is 483 g/mol. The minimum atomic E-state index is -4.97. The lowest BCUT2D eigenvalue weighted by atomic mass is 9.99. The molecule has 3 rings (SSSR count). The maximum absolute atomic E-state index is 12.7. The van der Waals surface area contributed by atoms with Gasteiger partial charge in [-0.25, -0.2) is 14.1 Å². The fourth-order valence-electron chi connectivity index (χ4n) is 2.85. The third-order valence-corrected chi connectivity index (χ3v) is 5.88. The normalized spacial score (nSPS) is 18.6. The van der Waals surface area contributed by atoms with Crippen LogP contribution < -0.4 is 11.1 Å². The lowest BCUT2D eigenvalue weighted by Crippen LogP contribution is -2.73. The lowest BCUT2D eigenvalue weighted by Gasteiger charge is -2.43. The number of hydrogen-bond acceptors (Lipinski definition) is 11. The molecule has 1 aliphatic heterocycles. The SMILES string of the molecule is CON=C(C(=O)N[C@H]1C(=O)N(S(=O)(=O)O)[C@H]1COC(=O)c1ccccc1)c1csc(N)n1. The van der Waals surface area contributed by atoms with Crippen molar-refractivity contribution in [3.63, 3.8) is 0 Å². The molecule has 2 amide bonds. The Balaban J connectivity index is 1.77. The smallest absolute Gasteiger partial charge is 0.362 e. The second-order valence-electron chi connectivity index (χ2n) is 6.29. The fraction of sp³-hybridized carbons (Fsp3) is 0.235. The summed E-state index contributed by atoms with van der Waals surface area (Å²) in [4.78, 5) is 45.7. The highest BCUT2D eigenvalue weighted by Crippen LogP contribution is 2.25. The Hall–Kier alpha value is -3.56. The first-order valence-electron chi connectivity index (χ1n) is 8.79. The fourth-order valence-corrected chi connectivity index (χ4v) is 4.26. The second-order valence-corrected chi connectivity index (χ2v) is 8.47. The highest BCUT2D eigenvalue weighted by molar-refractivity contribution is 7.84. The third kappa shape index (κ3) is 4.84. The predicted octanol–water partition coefficient (Wildman–Crippen LogP) is -0.569. The number of amides is 2. The second kappa shape index (κ2) is 9.29. The number of oxime groups is 1. The number of esters is 1. The van der Waals surface area contributed by atoms with Gasteiger partial charge in [0, 0.05) is 5.38 Å². The van der Waals surface area contributed by atoms with Gasteiger partial charge in [0.1, 0.15) is 31.5 Å². The molecule has 13 nitrogen and oxygen atoms in total. The minimum Gasteiger partial charge on any atom is -0.460 e. The largest absolute Gasteiger partial charge is 0.460 e. The van der Waals surface area contributed by atoms with Crippen LogP contribution in [0.15, 0.2) is 40.9 Å². The zero-order valence-electron chi connectivity index (χ0n) is 16.4. The summed E-state index contributed by atoms with van der Waals surface area (Å²) in [6, 6.07) is 4.99. The molecule has 0 saturated carbocycles. The van der Waals surface area contributed by atoms with E-state index < -0.39 is 46.8 Å². The summed E-state index contributed by atoms with van der Waals surface area (Å²) in [5.41, 5.74) is 5.49. The number of nitrogens with two attached hydrogens (primary N) is 1. The van der Waals surface area contributed by atoms with E-state index in [0.717, 1.165) is 11.3 Å². The minimum absolute atomic E-state index is 0.0670. The molecule has 170 valence electrons. The number of carbonyl (C=O) groups excluding carboxylic acids is 3. The van der Waals surface area contributed by atoms with Gasteiger partial charge in [-0.1, -0.05) is 23.4 Å². The molecule has 1 aromatic heterocycles. The number of rotatable bonds is 8. The van der Waals surface area contributed by atoms with Crippen molar-refractivity contribution in [1.82, 2.24) is 14.6 Å². The maximum atomic E-state index is 12.7. The highest BCUT2D eigenvalue weighted by Gasteiger charge is 2.55. The van der Waals surface area contributed by atoms with Crippen molar-refractivity contribution in [3.05, 3.63) is 47.0 Å². The van der Waals surface area contributed by atoms with Gasteiger partial charge in [-0.3, -0.25) is 14.1 Å². The van der Waals surface area contributed by atoms with Gasteiger partial charge in [0.2, 0.25) is 0 Å². The number of thiazole rings is 1. The van der Waals surface area contributed by atoms with Crippen molar-refractivity contribution in [3.8, 4) is 0 Å². The van der Waals surface area contributed by atoms with Gasteiger partial charge in [0.15, 0.2) is 10.8 Å². The van der Waals surface area contributed by atoms with Gasteiger partial charge in [-0.15, -0.1) is 11.3 Å². The number of carbonyl (C=O) groups is 3. The van der Waals surface area contributed by atoms with Crippen LogP contribution in [0.1, 0.15) is 16.1 Å². The molecule has 32 heavy (non-hydrogen) atoms. The summed E-state index contributed by atoms with van der Waals surface area (Å²) in [5, 5.41) is 7.44. The van der Waals surface area contributed by atoms with Crippen LogP contribution in [0.2, 0.25) is 0 Å². The van der Waals surface area contributed by atoms with Crippen LogP contribution in [-0.4, -0.2) is 71.6 Å². The molecule has 0 unspecified atom stereocenters. The number of anilines is 1. The number of β-lactam (4-membered cyclic amide) rings is 1. The van der Waals surface area contributed by atoms with Crippen molar-refractivity contribution in [2.24, 2.45) is 5.16 Å². The molecular weight excluding hydrogens is 466 g/mol. The van der Waals surface area contributed by atoms with E-state index in [-0.39, 0.29) is 26.4 Å². The van der Waals surface area contributed by atoms with Gasteiger partial charge in [0.25, 0.3) is 11.8 Å². The third-order valence-electron chi connectivity index (χ3n) is 4.26. The van der Waals surface area contributed by atoms with Gasteiger partial charge < -0.3 is 20.6 Å². The first-order chi connectivity index (χ1) is 15.1. The van der Waals surface area contributed by atoms with Crippen molar-refractivity contribution in [2.45, 2.75) is 12.1 Å². The average Bonchev–Trinajstić information content (AvgIpc) is 3.17. The van der Waals surface area contributed by atoms with Crippen molar-refractivity contribution in [1.29, 1.82) is 0 Å². The summed E-state index contributed by atoms with van der Waals surface area (Å²) < 4.78 is 37.7. The van der Waals surface area contributed by atoms with Gasteiger partial charge in [-0.05, 0) is 12.1 Å². The molecule has 2 aromatic rings. The Morgan fingerprint density at radius 1 is 1.34 bits per heavy atom. The molecule has 15 heteroatoms. The molecule has 0 spiro atoms. The molecule has 1 saturated heterocycles. The van der Waals surface area contributed by atoms with Crippen molar-refractivity contribution < 1.29 is 36.9 Å². The Bertz CT molecular complexity index is 1160. The van der Waals surface area contributed by atoms with Gasteiger partial charge >= 0.3 is 16.3 Å². The van der Waals surface area contributed by atoms with E-state index in [4.69, 9.17) is 10.5 Å². The summed E-state index contributed by atoms with van der Waals surface area (Å²) in [5.74, 6) is -2.84. The quantitative estimate of drug-likeness (QED) is 0.144. The number of aromatic nitrogens is 1. The highest BCUT2D eigenvalue weighted by atomic mass is 32.2. The molecule has 0 aliphatic carbocycles. The number of nitrogen functional groups attached to an aromatic ring is 1. The maximum Gasteiger partial charge on any atom is 0.362 e. The Morgan fingerprint density at radius 2 is 2.03 bits per heavy atom. The number of hydrogen-bond donors (Lipinski definition) is 3. The van der Waals surface area contributed by atoms with Crippen LogP contribution in [0.4, 0.5) is 5.13 Å². The molecule has 2 atom stereocenters. The van der Waals surface area contributed by atoms with E-state index in [2.05, 4.69) is 20.3 Å². The summed E-state index contributed by atoms with van der Waals surface area (Å²) in [6.07, 6.45) is 0. The number of ether oxygens (including phenoxy) is 1. The first kappa shape index (κ1) is 23.1. The Labute approximate surface area is 185 Å². The Kier molecular flexibility index (Phi) is 6.71. The zero-order valence-corrected chi connectivity index (χ0v) is 18.0. The summed E-state index contributed by atoms with van der Waals surface area (Å²) >= 11 is 1.03. The zero-order chi connectivity index (χ0) is 23.5. The monoisotopic (exact) mass is 483 g/mol. The number of nitrogens with zero attached hydrogens (tertiary/aromatic N) is 3. The van der Waals surface area contributed by atoms with E-state index in [0.29, 0.717) is 0 Å². The summed E-state index contributed by atoms with van der Waals surface area (Å²) in [6.45, 7) is -0.620. The van der Waals surface area contributed by atoms with E-state index in [1.54, 1.807) is 18.2 Å². The number of benzene rings is 1. The molecule has 4 N–H and O–H groups in total. The van der Waals surface area contributed by atoms with E-state index in [1.165, 1.54) is 24.6 Å². The molecule has 1 aliphatic rings. The number of nitrogens with one attached hydrogen (secondary N) is 1. The van der Waals surface area contributed by atoms with Gasteiger partial charge in [-0.2, -0.15) is 8.42 Å². The standard InChI is InChI=1S/C17H17N5O8S2/c1-29-21-12(10-8-31-17(18)19-10)14(23)20-13-11(22(15(13)24)32(26,27)28)7-30-16(25)9-5-3-2-4-6-9/h2-6,8,11,13H,7H2,1H3,(H2,18,19)(H,20,23)(H,26,27,28)/t11-,13+/m0/s1. The van der Waals surface area contributed by atoms with Crippen LogP contribution in [0, 0.1) is 0 Å². The lowest BCUT2D eigenvalue weighted by molar-refractivity contribution is -0.146. The van der Waals surface area contributed by atoms with Crippen LogP contribution in [0.25, 0.3) is 0 Å². The van der Waals surface area contributed by atoms with Crippen molar-refractivity contribution in [2.75, 3.05) is 19.5 Å². The van der Waals surface area contributed by atoms with E-state index >= 15 is 0 Å². The van der Waals surface area contributed by atoms with Crippen LogP contribution in [0.3, 0.4) is 0 Å². The molecule has 0 bridgehead atoms. The molecule has 1 aromatic carbocycles. The molecule has 1 fully saturated rings. The predicted molar refractivity (Wildman–Crippen MR) is 111 cm³/mol. The van der Waals surface area contributed by atoms with Crippen LogP contribution >= 0.6 is 11.3 Å². The van der Waals surface area contributed by atoms with Crippen LogP contribution in [0.5, 0.6) is 0 Å². The molecule has 0 radical (unpaired) electrons. The van der Waals surface area contributed by atoms with E-state index in [9.17, 15) is 27.4 Å². The Morgan fingerprint density at radius 3 is 2.59 bits per heavy atom. The summed E-state index contributed by atoms with van der Waals surface area (Å²) in [7, 11) is -3.78. The van der Waals surface area contributed by atoms with E-state index in [1.807, 2.05) is 0 Å². The van der Waals surface area contributed by atoms with Crippen LogP contribution in [-0.2, 0) is 29.5 Å². The first-order valence-corrected chi connectivity index (χ1v) is 11.1. The molecular formula is C17H17N5O8S2. The van der Waals surface area contributed by atoms with Crippen molar-refractivity contribution >= 4 is 50.3 Å².